The van der Waals surface area contributed by atoms with Crippen molar-refractivity contribution in [2.24, 2.45) is 10.8 Å². The molecule has 2 rings (SSSR count). The number of ether oxygens (including phenoxy) is 5. The van der Waals surface area contributed by atoms with Crippen molar-refractivity contribution in [2.45, 2.75) is 37.6 Å². The van der Waals surface area contributed by atoms with Gasteiger partial charge in [0.2, 0.25) is 0 Å². The molecule has 11 nitrogen and oxygen atoms in total. The molecule has 6 N–H and O–H groups in total. The van der Waals surface area contributed by atoms with Crippen LogP contribution in [0.3, 0.4) is 0 Å². The fourth-order valence-corrected chi connectivity index (χ4v) is 2.58. The van der Waals surface area contributed by atoms with E-state index in [-0.39, 0.29) is 77.9 Å². The zero-order chi connectivity index (χ0) is 21.3. The van der Waals surface area contributed by atoms with E-state index in [4.69, 9.17) is 23.7 Å². The summed E-state index contributed by atoms with van der Waals surface area (Å²) in [5.41, 5.74) is -2.07. The minimum atomic E-state index is -1.04. The number of epoxide rings is 2. The topological polar surface area (TPSA) is 174 Å². The lowest BCUT2D eigenvalue weighted by molar-refractivity contribution is -0.260. The number of hydrogen-bond acceptors (Lipinski definition) is 11. The van der Waals surface area contributed by atoms with Crippen molar-refractivity contribution < 1.29 is 54.3 Å². The molecule has 0 aromatic carbocycles. The Morgan fingerprint density at radius 3 is 1.21 bits per heavy atom. The van der Waals surface area contributed by atoms with Gasteiger partial charge < -0.3 is 54.3 Å². The summed E-state index contributed by atoms with van der Waals surface area (Å²) in [7, 11) is 0. The van der Waals surface area contributed by atoms with Gasteiger partial charge in [-0.1, -0.05) is 0 Å². The highest BCUT2D eigenvalue weighted by Gasteiger charge is 2.42. The molecular formula is C18H34O11. The molecule has 0 saturated carbocycles. The summed E-state index contributed by atoms with van der Waals surface area (Å²) in [6.45, 7) is -1.11. The predicted octanol–water partition coefficient (Wildman–Crippen LogP) is -2.81. The normalized spacial score (nSPS) is 23.8. The highest BCUT2D eigenvalue weighted by molar-refractivity contribution is 4.81. The summed E-state index contributed by atoms with van der Waals surface area (Å²) in [6, 6.07) is 0. The summed E-state index contributed by atoms with van der Waals surface area (Å²) in [5, 5.41) is 56.4. The van der Waals surface area contributed by atoms with E-state index in [1.54, 1.807) is 0 Å². The molecule has 4 atom stereocenters. The molecule has 29 heavy (non-hydrogen) atoms. The molecule has 2 fully saturated rings. The van der Waals surface area contributed by atoms with Crippen molar-refractivity contribution in [3.05, 3.63) is 0 Å². The van der Waals surface area contributed by atoms with Crippen LogP contribution < -0.4 is 0 Å². The van der Waals surface area contributed by atoms with Crippen molar-refractivity contribution in [1.29, 1.82) is 0 Å². The van der Waals surface area contributed by atoms with E-state index in [1.165, 1.54) is 0 Å². The van der Waals surface area contributed by atoms with Gasteiger partial charge in [-0.25, -0.2) is 0 Å². The maximum Gasteiger partial charge on any atom is 0.189 e. The van der Waals surface area contributed by atoms with Crippen LogP contribution in [-0.2, 0) is 23.7 Å². The molecule has 172 valence electrons. The Morgan fingerprint density at radius 1 is 0.655 bits per heavy atom. The lowest BCUT2D eigenvalue weighted by Gasteiger charge is -2.30. The standard InChI is InChI=1S/C18H34O11/c19-7-17(8-20,9-21)1-3-25-15(13-5-27-13)29-16(14-6-28-14)26-4-2-18(10-22,11-23)12-24/h13-16,19-24H,1-12H2. The molecule has 0 aromatic heterocycles. The third kappa shape index (κ3) is 7.33. The number of hydrogen-bond donors (Lipinski definition) is 6. The van der Waals surface area contributed by atoms with Crippen LogP contribution in [0, 0.1) is 10.8 Å². The molecule has 0 amide bonds. The Morgan fingerprint density at radius 2 is 0.966 bits per heavy atom. The number of aliphatic hydroxyl groups is 6. The second kappa shape index (κ2) is 11.8. The lowest BCUT2D eigenvalue weighted by atomic mass is 9.88. The van der Waals surface area contributed by atoms with Crippen LogP contribution in [0.15, 0.2) is 0 Å². The Hall–Kier alpha value is -0.440. The van der Waals surface area contributed by atoms with Crippen LogP contribution in [0.4, 0.5) is 0 Å². The van der Waals surface area contributed by atoms with Gasteiger partial charge in [0.05, 0.1) is 66.1 Å². The Labute approximate surface area is 169 Å². The fraction of sp³-hybridized carbons (Fsp3) is 1.00. The summed E-state index contributed by atoms with van der Waals surface area (Å²) in [4.78, 5) is 0. The fourth-order valence-electron chi connectivity index (χ4n) is 2.58. The van der Waals surface area contributed by atoms with Crippen LogP contribution in [0.5, 0.6) is 0 Å². The average molecular weight is 426 g/mol. The van der Waals surface area contributed by atoms with E-state index < -0.39 is 23.4 Å². The van der Waals surface area contributed by atoms with Gasteiger partial charge in [-0.15, -0.1) is 0 Å². The van der Waals surface area contributed by atoms with E-state index in [0.29, 0.717) is 13.2 Å². The predicted molar refractivity (Wildman–Crippen MR) is 96.7 cm³/mol. The molecule has 0 aromatic rings. The number of aliphatic hydroxyl groups excluding tert-OH is 6. The second-order valence-electron chi connectivity index (χ2n) is 7.81. The van der Waals surface area contributed by atoms with Crippen molar-refractivity contribution in [2.75, 3.05) is 66.1 Å². The molecule has 0 radical (unpaired) electrons. The third-order valence-electron chi connectivity index (χ3n) is 5.44. The quantitative estimate of drug-likeness (QED) is 0.0986. The molecule has 0 bridgehead atoms. The zero-order valence-corrected chi connectivity index (χ0v) is 16.5. The molecule has 2 aliphatic heterocycles. The number of rotatable bonds is 18. The summed E-state index contributed by atoms with van der Waals surface area (Å²) >= 11 is 0. The molecular weight excluding hydrogens is 392 g/mol. The minimum absolute atomic E-state index is 0.118. The maximum absolute atomic E-state index is 9.39. The van der Waals surface area contributed by atoms with Crippen molar-refractivity contribution in [1.82, 2.24) is 0 Å². The first-order chi connectivity index (χ1) is 14.0. The van der Waals surface area contributed by atoms with Crippen molar-refractivity contribution in [3.63, 3.8) is 0 Å². The largest absolute Gasteiger partial charge is 0.396 e. The highest BCUT2D eigenvalue weighted by Crippen LogP contribution is 2.28. The molecule has 2 aliphatic rings. The van der Waals surface area contributed by atoms with Gasteiger partial charge in [0.15, 0.2) is 12.6 Å². The Balaban J connectivity index is 1.83. The lowest BCUT2D eigenvalue weighted by Crippen LogP contribution is -2.39. The SMILES string of the molecule is OCC(CO)(CO)CCOC(OC(OCCC(CO)(CO)CO)C1CO1)C1CO1. The van der Waals surface area contributed by atoms with Gasteiger partial charge in [0.1, 0.15) is 12.2 Å². The van der Waals surface area contributed by atoms with Gasteiger partial charge >= 0.3 is 0 Å². The van der Waals surface area contributed by atoms with E-state index >= 15 is 0 Å². The van der Waals surface area contributed by atoms with E-state index in [9.17, 15) is 30.6 Å². The Bertz CT molecular complexity index is 391. The van der Waals surface area contributed by atoms with Gasteiger partial charge in [-0.05, 0) is 12.8 Å². The highest BCUT2D eigenvalue weighted by atomic mass is 16.8. The van der Waals surface area contributed by atoms with Gasteiger partial charge in [0, 0.05) is 10.8 Å². The van der Waals surface area contributed by atoms with Crippen molar-refractivity contribution in [3.8, 4) is 0 Å². The Kier molecular flexibility index (Phi) is 10.1. The van der Waals surface area contributed by atoms with Crippen molar-refractivity contribution >= 4 is 0 Å². The average Bonchev–Trinajstić information content (AvgIpc) is 3.66. The minimum Gasteiger partial charge on any atom is -0.396 e. The van der Waals surface area contributed by atoms with Crippen LogP contribution in [-0.4, -0.2) is 121 Å². The summed E-state index contributed by atoms with van der Waals surface area (Å²) in [6.07, 6.45) is -1.62. The second-order valence-corrected chi connectivity index (χ2v) is 7.81. The third-order valence-corrected chi connectivity index (χ3v) is 5.44. The smallest absolute Gasteiger partial charge is 0.189 e. The van der Waals surface area contributed by atoms with Crippen LogP contribution in [0.1, 0.15) is 12.8 Å². The van der Waals surface area contributed by atoms with Crippen LogP contribution in [0.2, 0.25) is 0 Å². The van der Waals surface area contributed by atoms with Gasteiger partial charge in [0.25, 0.3) is 0 Å². The van der Waals surface area contributed by atoms with Crippen LogP contribution in [0.25, 0.3) is 0 Å². The first kappa shape index (κ1) is 24.8. The molecule has 11 heteroatoms. The first-order valence-corrected chi connectivity index (χ1v) is 9.78. The summed E-state index contributed by atoms with van der Waals surface area (Å²) in [5.74, 6) is 0. The molecule has 0 aliphatic carbocycles. The zero-order valence-electron chi connectivity index (χ0n) is 16.5. The summed E-state index contributed by atoms with van der Waals surface area (Å²) < 4.78 is 27.8. The van der Waals surface area contributed by atoms with Gasteiger partial charge in [-0.2, -0.15) is 0 Å². The molecule has 2 saturated heterocycles. The van der Waals surface area contributed by atoms with Gasteiger partial charge in [-0.3, -0.25) is 0 Å². The maximum atomic E-state index is 9.39. The monoisotopic (exact) mass is 426 g/mol. The molecule has 0 spiro atoms. The van der Waals surface area contributed by atoms with E-state index in [1.807, 2.05) is 0 Å². The first-order valence-electron chi connectivity index (χ1n) is 9.78. The molecule has 4 unspecified atom stereocenters. The van der Waals surface area contributed by atoms with Crippen LogP contribution >= 0.6 is 0 Å². The van der Waals surface area contributed by atoms with E-state index in [0.717, 1.165) is 0 Å². The van der Waals surface area contributed by atoms with E-state index in [2.05, 4.69) is 0 Å². The molecule has 2 heterocycles.